The van der Waals surface area contributed by atoms with Gasteiger partial charge < -0.3 is 20.5 Å². The first kappa shape index (κ1) is 14.3. The van der Waals surface area contributed by atoms with Gasteiger partial charge in [-0.05, 0) is 30.7 Å². The van der Waals surface area contributed by atoms with Crippen LogP contribution in [0.5, 0.6) is 11.5 Å². The van der Waals surface area contributed by atoms with Crippen molar-refractivity contribution in [3.05, 3.63) is 23.8 Å². The Hall–Kier alpha value is -1.75. The maximum absolute atomic E-state index is 11.7. The molecular formula is C13H20N2O3. The van der Waals surface area contributed by atoms with Crippen molar-refractivity contribution in [1.82, 2.24) is 5.32 Å². The summed E-state index contributed by atoms with van der Waals surface area (Å²) in [6.45, 7) is 1.18. The molecule has 18 heavy (non-hydrogen) atoms. The van der Waals surface area contributed by atoms with E-state index in [1.807, 2.05) is 12.1 Å². The Kier molecular flexibility index (Phi) is 6.00. The highest BCUT2D eigenvalue weighted by molar-refractivity contribution is 5.78. The van der Waals surface area contributed by atoms with Gasteiger partial charge in [-0.3, -0.25) is 4.79 Å². The number of carbonyl (C=O) groups is 1. The van der Waals surface area contributed by atoms with Gasteiger partial charge in [0.1, 0.15) is 11.5 Å². The average molecular weight is 252 g/mol. The Balaban J connectivity index is 2.62. The van der Waals surface area contributed by atoms with Crippen molar-refractivity contribution in [3.8, 4) is 11.5 Å². The summed E-state index contributed by atoms with van der Waals surface area (Å²) in [4.78, 5) is 11.7. The third-order valence-corrected chi connectivity index (χ3v) is 2.48. The molecule has 0 aliphatic rings. The van der Waals surface area contributed by atoms with E-state index in [1.54, 1.807) is 20.3 Å². The molecule has 0 bridgehead atoms. The number of nitrogens with one attached hydrogen (secondary N) is 1. The number of benzene rings is 1. The molecule has 0 fully saturated rings. The lowest BCUT2D eigenvalue weighted by molar-refractivity contribution is -0.120. The van der Waals surface area contributed by atoms with E-state index in [2.05, 4.69) is 5.32 Å². The fourth-order valence-corrected chi connectivity index (χ4v) is 1.55. The minimum Gasteiger partial charge on any atom is -0.497 e. The molecule has 1 aromatic rings. The molecule has 5 nitrogen and oxygen atoms in total. The largest absolute Gasteiger partial charge is 0.497 e. The van der Waals surface area contributed by atoms with Gasteiger partial charge in [-0.25, -0.2) is 0 Å². The van der Waals surface area contributed by atoms with Crippen LogP contribution in [0.3, 0.4) is 0 Å². The Morgan fingerprint density at radius 2 is 1.83 bits per heavy atom. The third-order valence-electron chi connectivity index (χ3n) is 2.48. The topological polar surface area (TPSA) is 73.6 Å². The summed E-state index contributed by atoms with van der Waals surface area (Å²) in [5.74, 6) is 1.33. The van der Waals surface area contributed by atoms with Crippen molar-refractivity contribution < 1.29 is 14.3 Å². The van der Waals surface area contributed by atoms with Crippen LogP contribution in [-0.4, -0.2) is 33.2 Å². The van der Waals surface area contributed by atoms with Crippen LogP contribution in [0.4, 0.5) is 0 Å². The highest BCUT2D eigenvalue weighted by Crippen LogP contribution is 2.22. The molecule has 1 aromatic carbocycles. The zero-order valence-corrected chi connectivity index (χ0v) is 10.9. The third kappa shape index (κ3) is 4.63. The number of amides is 1. The smallest absolute Gasteiger partial charge is 0.224 e. The van der Waals surface area contributed by atoms with Gasteiger partial charge in [0.25, 0.3) is 0 Å². The number of nitrogens with two attached hydrogens (primary N) is 1. The van der Waals surface area contributed by atoms with Gasteiger partial charge in [0.05, 0.1) is 20.6 Å². The molecule has 0 saturated carbocycles. The lowest BCUT2D eigenvalue weighted by Gasteiger charge is -2.08. The van der Waals surface area contributed by atoms with Crippen molar-refractivity contribution in [2.75, 3.05) is 27.3 Å². The van der Waals surface area contributed by atoms with Crippen LogP contribution in [0.25, 0.3) is 0 Å². The minimum atomic E-state index is -0.0289. The zero-order chi connectivity index (χ0) is 13.4. The lowest BCUT2D eigenvalue weighted by atomic mass is 10.1. The maximum atomic E-state index is 11.7. The van der Waals surface area contributed by atoms with E-state index in [0.29, 0.717) is 31.0 Å². The predicted octanol–water partition coefficient (Wildman–Crippen LogP) is 0.711. The van der Waals surface area contributed by atoms with E-state index in [4.69, 9.17) is 15.2 Å². The van der Waals surface area contributed by atoms with Crippen molar-refractivity contribution in [2.24, 2.45) is 5.73 Å². The highest BCUT2D eigenvalue weighted by Gasteiger charge is 2.06. The van der Waals surface area contributed by atoms with Gasteiger partial charge >= 0.3 is 0 Å². The van der Waals surface area contributed by atoms with Gasteiger partial charge in [0.2, 0.25) is 5.91 Å². The molecule has 100 valence electrons. The number of rotatable bonds is 7. The normalized spacial score (nSPS) is 9.94. The molecule has 0 aliphatic heterocycles. The van der Waals surface area contributed by atoms with Crippen LogP contribution in [0.15, 0.2) is 18.2 Å². The number of carbonyl (C=O) groups excluding carboxylic acids is 1. The van der Waals surface area contributed by atoms with Crippen molar-refractivity contribution in [1.29, 1.82) is 0 Å². The Labute approximate surface area is 107 Å². The molecule has 0 saturated heterocycles. The van der Waals surface area contributed by atoms with E-state index in [1.165, 1.54) is 0 Å². The first-order valence-corrected chi connectivity index (χ1v) is 5.88. The summed E-state index contributed by atoms with van der Waals surface area (Å²) in [5, 5.41) is 2.81. The molecule has 0 aromatic heterocycles. The molecule has 0 unspecified atom stereocenters. The van der Waals surface area contributed by atoms with Crippen LogP contribution in [0.2, 0.25) is 0 Å². The Bertz CT molecular complexity index is 372. The summed E-state index contributed by atoms with van der Waals surface area (Å²) < 4.78 is 10.3. The number of methoxy groups -OCH3 is 2. The fraction of sp³-hybridized carbons (Fsp3) is 0.462. The second-order valence-electron chi connectivity index (χ2n) is 3.89. The van der Waals surface area contributed by atoms with E-state index >= 15 is 0 Å². The second-order valence-corrected chi connectivity index (χ2v) is 3.89. The van der Waals surface area contributed by atoms with Gasteiger partial charge in [0.15, 0.2) is 0 Å². The van der Waals surface area contributed by atoms with Gasteiger partial charge in [-0.1, -0.05) is 0 Å². The molecule has 0 spiro atoms. The first-order chi connectivity index (χ1) is 8.69. The summed E-state index contributed by atoms with van der Waals surface area (Å²) in [5.41, 5.74) is 6.22. The summed E-state index contributed by atoms with van der Waals surface area (Å²) in [7, 11) is 3.17. The van der Waals surface area contributed by atoms with Crippen LogP contribution >= 0.6 is 0 Å². The summed E-state index contributed by atoms with van der Waals surface area (Å²) in [6.07, 6.45) is 1.09. The van der Waals surface area contributed by atoms with Crippen LogP contribution in [-0.2, 0) is 11.2 Å². The summed E-state index contributed by atoms with van der Waals surface area (Å²) >= 11 is 0. The first-order valence-electron chi connectivity index (χ1n) is 5.88. The highest BCUT2D eigenvalue weighted by atomic mass is 16.5. The van der Waals surface area contributed by atoms with Crippen LogP contribution < -0.4 is 20.5 Å². The molecular weight excluding hydrogens is 232 g/mol. The lowest BCUT2D eigenvalue weighted by Crippen LogP contribution is -2.27. The van der Waals surface area contributed by atoms with E-state index < -0.39 is 0 Å². The van der Waals surface area contributed by atoms with E-state index in [9.17, 15) is 4.79 Å². The van der Waals surface area contributed by atoms with Gasteiger partial charge in [0, 0.05) is 12.6 Å². The van der Waals surface area contributed by atoms with Crippen LogP contribution in [0, 0.1) is 0 Å². The van der Waals surface area contributed by atoms with Gasteiger partial charge in [-0.2, -0.15) is 0 Å². The summed E-state index contributed by atoms with van der Waals surface area (Å²) in [6, 6.07) is 5.42. The molecule has 0 atom stereocenters. The molecule has 0 radical (unpaired) electrons. The van der Waals surface area contributed by atoms with Crippen molar-refractivity contribution in [2.45, 2.75) is 12.8 Å². The Morgan fingerprint density at radius 3 is 2.33 bits per heavy atom. The standard InChI is InChI=1S/C13H20N2O3/c1-17-11-6-10(7-12(9-11)18-2)8-13(16)15-5-3-4-14/h6-7,9H,3-5,8,14H2,1-2H3,(H,15,16). The molecule has 1 amide bonds. The molecule has 5 heteroatoms. The average Bonchev–Trinajstić information content (AvgIpc) is 2.38. The second kappa shape index (κ2) is 7.55. The van der Waals surface area contributed by atoms with E-state index in [-0.39, 0.29) is 5.91 Å². The fourth-order valence-electron chi connectivity index (χ4n) is 1.55. The Morgan fingerprint density at radius 1 is 1.22 bits per heavy atom. The molecule has 0 aliphatic carbocycles. The zero-order valence-electron chi connectivity index (χ0n) is 10.9. The quantitative estimate of drug-likeness (QED) is 0.701. The number of hydrogen-bond acceptors (Lipinski definition) is 4. The molecule has 1 rings (SSSR count). The van der Waals surface area contributed by atoms with Crippen molar-refractivity contribution >= 4 is 5.91 Å². The molecule has 3 N–H and O–H groups in total. The number of ether oxygens (including phenoxy) is 2. The van der Waals surface area contributed by atoms with Gasteiger partial charge in [-0.15, -0.1) is 0 Å². The molecule has 0 heterocycles. The number of hydrogen-bond donors (Lipinski definition) is 2. The maximum Gasteiger partial charge on any atom is 0.224 e. The minimum absolute atomic E-state index is 0.0289. The van der Waals surface area contributed by atoms with Crippen molar-refractivity contribution in [3.63, 3.8) is 0 Å². The van der Waals surface area contributed by atoms with Crippen LogP contribution in [0.1, 0.15) is 12.0 Å². The monoisotopic (exact) mass is 252 g/mol. The predicted molar refractivity (Wildman–Crippen MR) is 69.9 cm³/mol. The SMILES string of the molecule is COc1cc(CC(=O)NCCCN)cc(OC)c1. The van der Waals surface area contributed by atoms with E-state index in [0.717, 1.165) is 12.0 Å².